The molecule has 1 fully saturated rings. The van der Waals surface area contributed by atoms with Crippen LogP contribution in [0.5, 0.6) is 11.5 Å². The molecule has 1 atom stereocenters. The topological polar surface area (TPSA) is 69.5 Å². The van der Waals surface area contributed by atoms with E-state index in [1.165, 1.54) is 0 Å². The molecule has 1 saturated heterocycles. The summed E-state index contributed by atoms with van der Waals surface area (Å²) < 4.78 is 12.6. The molecule has 1 unspecified atom stereocenters. The van der Waals surface area contributed by atoms with Gasteiger partial charge in [-0.25, -0.2) is 0 Å². The van der Waals surface area contributed by atoms with Crippen LogP contribution in [0.15, 0.2) is 24.5 Å². The molecule has 3 heterocycles. The quantitative estimate of drug-likeness (QED) is 0.841. The Balaban J connectivity index is 1.53. The first-order valence-electron chi connectivity index (χ1n) is 7.75. The van der Waals surface area contributed by atoms with Crippen LogP contribution in [0.4, 0.5) is 0 Å². The third-order valence-electron chi connectivity index (χ3n) is 4.44. The largest absolute Gasteiger partial charge is 0.454 e. The van der Waals surface area contributed by atoms with Gasteiger partial charge in [0, 0.05) is 31.6 Å². The third kappa shape index (κ3) is 2.52. The molecule has 120 valence electrons. The van der Waals surface area contributed by atoms with E-state index in [1.54, 1.807) is 24.5 Å². The molecule has 4 rings (SSSR count). The molecule has 23 heavy (non-hydrogen) atoms. The Bertz CT molecular complexity index is 743. The van der Waals surface area contributed by atoms with E-state index in [4.69, 9.17) is 9.47 Å². The minimum Gasteiger partial charge on any atom is -0.454 e. The van der Waals surface area contributed by atoms with Crippen LogP contribution in [-0.4, -0.2) is 45.5 Å². The van der Waals surface area contributed by atoms with Crippen molar-refractivity contribution >= 4 is 5.91 Å². The van der Waals surface area contributed by atoms with E-state index in [-0.39, 0.29) is 18.6 Å². The monoisotopic (exact) mass is 314 g/mol. The van der Waals surface area contributed by atoms with Crippen molar-refractivity contribution in [2.45, 2.75) is 18.8 Å². The first kappa shape index (κ1) is 14.0. The van der Waals surface area contributed by atoms with E-state index in [9.17, 15) is 4.79 Å². The lowest BCUT2D eigenvalue weighted by atomic mass is 9.96. The summed E-state index contributed by atoms with van der Waals surface area (Å²) in [6.07, 6.45) is 3.69. The summed E-state index contributed by atoms with van der Waals surface area (Å²) >= 11 is 0. The zero-order valence-electron chi connectivity index (χ0n) is 12.9. The molecule has 1 amide bonds. The number of piperidine rings is 1. The van der Waals surface area contributed by atoms with E-state index >= 15 is 0 Å². The fraction of sp³-hybridized carbons (Fsp3) is 0.438. The Labute approximate surface area is 133 Å². The Kier molecular flexibility index (Phi) is 3.40. The number of amides is 1. The number of fused-ring (bicyclic) bond motifs is 1. The van der Waals surface area contributed by atoms with Crippen LogP contribution in [-0.2, 0) is 7.05 Å². The number of hydrogen-bond acceptors (Lipinski definition) is 5. The Morgan fingerprint density at radius 3 is 3.00 bits per heavy atom. The van der Waals surface area contributed by atoms with Crippen molar-refractivity contribution in [2.24, 2.45) is 7.05 Å². The second-order valence-corrected chi connectivity index (χ2v) is 5.96. The van der Waals surface area contributed by atoms with E-state index in [0.29, 0.717) is 23.6 Å². The first-order chi connectivity index (χ1) is 11.2. The molecule has 7 heteroatoms. The number of likely N-dealkylation sites (tertiary alicyclic amines) is 1. The molecule has 2 aliphatic heterocycles. The zero-order chi connectivity index (χ0) is 15.8. The second kappa shape index (κ2) is 5.57. The number of aromatic nitrogens is 3. The molecule has 0 N–H and O–H groups in total. The van der Waals surface area contributed by atoms with Gasteiger partial charge in [0.05, 0.1) is 0 Å². The number of nitrogens with zero attached hydrogens (tertiary/aromatic N) is 4. The highest BCUT2D eigenvalue weighted by atomic mass is 16.7. The first-order valence-corrected chi connectivity index (χ1v) is 7.75. The number of aryl methyl sites for hydroxylation is 1. The van der Waals surface area contributed by atoms with Crippen molar-refractivity contribution in [1.82, 2.24) is 19.7 Å². The molecular weight excluding hydrogens is 296 g/mol. The molecule has 7 nitrogen and oxygen atoms in total. The van der Waals surface area contributed by atoms with Gasteiger partial charge in [0.25, 0.3) is 5.91 Å². The summed E-state index contributed by atoms with van der Waals surface area (Å²) in [7, 11) is 1.94. The summed E-state index contributed by atoms with van der Waals surface area (Å²) in [6.45, 7) is 1.65. The van der Waals surface area contributed by atoms with Crippen LogP contribution in [0.25, 0.3) is 0 Å². The molecule has 0 aliphatic carbocycles. The van der Waals surface area contributed by atoms with E-state index in [0.717, 1.165) is 25.2 Å². The van der Waals surface area contributed by atoms with Gasteiger partial charge in [-0.15, -0.1) is 10.2 Å². The average molecular weight is 314 g/mol. The number of ether oxygens (including phenoxy) is 2. The number of hydrogen-bond donors (Lipinski definition) is 0. The Morgan fingerprint density at radius 2 is 2.17 bits per heavy atom. The van der Waals surface area contributed by atoms with Gasteiger partial charge in [-0.2, -0.15) is 0 Å². The van der Waals surface area contributed by atoms with Crippen molar-refractivity contribution in [3.05, 3.63) is 35.9 Å². The molecule has 0 bridgehead atoms. The van der Waals surface area contributed by atoms with Gasteiger partial charge >= 0.3 is 0 Å². The number of rotatable bonds is 2. The highest BCUT2D eigenvalue weighted by Gasteiger charge is 2.28. The molecule has 0 radical (unpaired) electrons. The maximum Gasteiger partial charge on any atom is 0.254 e. The number of carbonyl (C=O) groups excluding carboxylic acids is 1. The van der Waals surface area contributed by atoms with Crippen molar-refractivity contribution in [2.75, 3.05) is 19.9 Å². The van der Waals surface area contributed by atoms with Gasteiger partial charge in [-0.05, 0) is 31.0 Å². The lowest BCUT2D eigenvalue weighted by Gasteiger charge is -2.32. The van der Waals surface area contributed by atoms with Gasteiger partial charge in [0.15, 0.2) is 11.5 Å². The molecule has 0 saturated carbocycles. The summed E-state index contributed by atoms with van der Waals surface area (Å²) in [5.74, 6) is 2.52. The average Bonchev–Trinajstić information content (AvgIpc) is 3.22. The van der Waals surface area contributed by atoms with Gasteiger partial charge in [0.1, 0.15) is 12.2 Å². The van der Waals surface area contributed by atoms with Gasteiger partial charge in [-0.3, -0.25) is 4.79 Å². The molecule has 2 aromatic rings. The third-order valence-corrected chi connectivity index (χ3v) is 4.44. The lowest BCUT2D eigenvalue weighted by Crippen LogP contribution is -2.39. The maximum absolute atomic E-state index is 12.8. The zero-order valence-corrected chi connectivity index (χ0v) is 12.9. The van der Waals surface area contributed by atoms with Crippen LogP contribution in [0.1, 0.15) is 34.9 Å². The number of carbonyl (C=O) groups is 1. The highest BCUT2D eigenvalue weighted by Crippen LogP contribution is 2.33. The van der Waals surface area contributed by atoms with E-state index in [1.807, 2.05) is 16.5 Å². The Morgan fingerprint density at radius 1 is 1.30 bits per heavy atom. The van der Waals surface area contributed by atoms with Crippen LogP contribution in [0.3, 0.4) is 0 Å². The van der Waals surface area contributed by atoms with Gasteiger partial charge in [0.2, 0.25) is 6.79 Å². The normalized spacial score (nSPS) is 19.9. The highest BCUT2D eigenvalue weighted by molar-refractivity contribution is 5.95. The predicted molar refractivity (Wildman–Crippen MR) is 81.4 cm³/mol. The fourth-order valence-electron chi connectivity index (χ4n) is 3.25. The van der Waals surface area contributed by atoms with Crippen molar-refractivity contribution in [3.8, 4) is 11.5 Å². The molecule has 0 spiro atoms. The van der Waals surface area contributed by atoms with Crippen LogP contribution in [0, 0.1) is 0 Å². The summed E-state index contributed by atoms with van der Waals surface area (Å²) in [5, 5.41) is 8.14. The van der Waals surface area contributed by atoms with E-state index in [2.05, 4.69) is 10.2 Å². The predicted octanol–water partition coefficient (Wildman–Crippen LogP) is 1.56. The van der Waals surface area contributed by atoms with Gasteiger partial charge in [-0.1, -0.05) is 0 Å². The fourth-order valence-corrected chi connectivity index (χ4v) is 3.25. The van der Waals surface area contributed by atoms with Crippen LogP contribution < -0.4 is 9.47 Å². The Hall–Kier alpha value is -2.57. The smallest absolute Gasteiger partial charge is 0.254 e. The number of benzene rings is 1. The molecule has 2 aliphatic rings. The van der Waals surface area contributed by atoms with Crippen LogP contribution in [0.2, 0.25) is 0 Å². The van der Waals surface area contributed by atoms with Crippen molar-refractivity contribution < 1.29 is 14.3 Å². The van der Waals surface area contributed by atoms with E-state index < -0.39 is 0 Å². The molecular formula is C16H18N4O3. The lowest BCUT2D eigenvalue weighted by molar-refractivity contribution is 0.0703. The van der Waals surface area contributed by atoms with Crippen molar-refractivity contribution in [3.63, 3.8) is 0 Å². The standard InChI is InChI=1S/C16H18N4O3/c1-19-9-17-18-15(19)12-3-2-6-20(8-12)16(21)11-4-5-13-14(7-11)23-10-22-13/h4-5,7,9,12H,2-3,6,8,10H2,1H3. The molecule has 1 aromatic carbocycles. The summed E-state index contributed by atoms with van der Waals surface area (Å²) in [4.78, 5) is 14.7. The van der Waals surface area contributed by atoms with Crippen LogP contribution >= 0.6 is 0 Å². The molecule has 1 aromatic heterocycles. The minimum atomic E-state index is 0.0233. The second-order valence-electron chi connectivity index (χ2n) is 5.96. The summed E-state index contributed by atoms with van der Waals surface area (Å²) in [5.41, 5.74) is 0.632. The summed E-state index contributed by atoms with van der Waals surface area (Å²) in [6, 6.07) is 5.35. The van der Waals surface area contributed by atoms with Gasteiger partial charge < -0.3 is 18.9 Å². The SMILES string of the molecule is Cn1cnnc1C1CCCN(C(=O)c2ccc3c(c2)OCO3)C1. The minimum absolute atomic E-state index is 0.0233. The van der Waals surface area contributed by atoms with Crippen molar-refractivity contribution in [1.29, 1.82) is 0 Å². The maximum atomic E-state index is 12.8.